The Morgan fingerprint density at radius 1 is 1.16 bits per heavy atom. The first-order valence-corrected chi connectivity index (χ1v) is 7.98. The number of pyridine rings is 1. The number of rotatable bonds is 4. The molecule has 19 heavy (non-hydrogen) atoms. The van der Waals surface area contributed by atoms with E-state index in [1.807, 2.05) is 6.07 Å². The molecule has 1 aromatic heterocycles. The van der Waals surface area contributed by atoms with E-state index in [9.17, 15) is 8.42 Å². The summed E-state index contributed by atoms with van der Waals surface area (Å²) in [7, 11) is -3.26. The number of hydrogen-bond donors (Lipinski definition) is 1. The minimum atomic E-state index is -3.26. The molecular weight excluding hydrogens is 332 g/mol. The van der Waals surface area contributed by atoms with Crippen LogP contribution < -0.4 is 9.46 Å². The van der Waals surface area contributed by atoms with Crippen LogP contribution in [0.15, 0.2) is 47.1 Å². The number of hydrogen-bond acceptors (Lipinski definition) is 4. The van der Waals surface area contributed by atoms with Crippen molar-refractivity contribution in [2.24, 2.45) is 0 Å². The second-order valence-electron chi connectivity index (χ2n) is 3.82. The lowest BCUT2D eigenvalue weighted by Crippen LogP contribution is -2.09. The van der Waals surface area contributed by atoms with Crippen LogP contribution in [0.1, 0.15) is 0 Å². The van der Waals surface area contributed by atoms with Gasteiger partial charge in [-0.15, -0.1) is 0 Å². The van der Waals surface area contributed by atoms with Crippen molar-refractivity contribution in [3.8, 4) is 11.6 Å². The highest BCUT2D eigenvalue weighted by atomic mass is 79.9. The molecule has 0 aliphatic rings. The highest BCUT2D eigenvalue weighted by Crippen LogP contribution is 2.22. The number of halogens is 1. The average molecular weight is 343 g/mol. The molecular formula is C12H11BrN2O3S. The molecule has 0 amide bonds. The van der Waals surface area contributed by atoms with Crippen LogP contribution in [-0.4, -0.2) is 19.7 Å². The average Bonchev–Trinajstić information content (AvgIpc) is 2.33. The van der Waals surface area contributed by atoms with Crippen molar-refractivity contribution in [1.29, 1.82) is 0 Å². The van der Waals surface area contributed by atoms with Gasteiger partial charge in [-0.1, -0.05) is 0 Å². The molecule has 0 spiro atoms. The maximum Gasteiger partial charge on any atom is 0.229 e. The number of nitrogens with zero attached hydrogens (tertiary/aromatic N) is 1. The lowest BCUT2D eigenvalue weighted by molar-refractivity contribution is 0.463. The van der Waals surface area contributed by atoms with E-state index in [2.05, 4.69) is 25.6 Å². The van der Waals surface area contributed by atoms with Gasteiger partial charge in [-0.2, -0.15) is 0 Å². The van der Waals surface area contributed by atoms with Gasteiger partial charge in [-0.05, 0) is 46.3 Å². The summed E-state index contributed by atoms with van der Waals surface area (Å²) >= 11 is 3.29. The molecule has 0 radical (unpaired) electrons. The number of anilines is 1. The van der Waals surface area contributed by atoms with Crippen molar-refractivity contribution in [3.63, 3.8) is 0 Å². The first kappa shape index (κ1) is 13.8. The smallest absolute Gasteiger partial charge is 0.229 e. The van der Waals surface area contributed by atoms with E-state index < -0.39 is 10.0 Å². The molecule has 0 saturated heterocycles. The Hall–Kier alpha value is -1.60. The largest absolute Gasteiger partial charge is 0.439 e. The second kappa shape index (κ2) is 5.58. The molecule has 7 heteroatoms. The first-order valence-electron chi connectivity index (χ1n) is 5.30. The topological polar surface area (TPSA) is 68.3 Å². The van der Waals surface area contributed by atoms with E-state index in [4.69, 9.17) is 4.74 Å². The van der Waals surface area contributed by atoms with Gasteiger partial charge in [0.05, 0.1) is 6.26 Å². The third-order valence-electron chi connectivity index (χ3n) is 2.08. The quantitative estimate of drug-likeness (QED) is 0.927. The summed E-state index contributed by atoms with van der Waals surface area (Å²) in [6.45, 7) is 0. The van der Waals surface area contributed by atoms with Gasteiger partial charge >= 0.3 is 0 Å². The van der Waals surface area contributed by atoms with Gasteiger partial charge in [0.15, 0.2) is 0 Å². The summed E-state index contributed by atoms with van der Waals surface area (Å²) in [6.07, 6.45) is 2.73. The van der Waals surface area contributed by atoms with Crippen LogP contribution in [0.2, 0.25) is 0 Å². The standard InChI is InChI=1S/C12H11BrN2O3S/c1-19(16,17)15-10-3-5-11(6-4-10)18-12-7-2-9(13)8-14-12/h2-8,15H,1H3. The fourth-order valence-electron chi connectivity index (χ4n) is 1.35. The summed E-state index contributed by atoms with van der Waals surface area (Å²) in [5, 5.41) is 0. The van der Waals surface area contributed by atoms with E-state index in [0.29, 0.717) is 17.3 Å². The molecule has 2 aromatic rings. The highest BCUT2D eigenvalue weighted by molar-refractivity contribution is 9.10. The Balaban J connectivity index is 2.08. The highest BCUT2D eigenvalue weighted by Gasteiger charge is 2.03. The first-order chi connectivity index (χ1) is 8.92. The zero-order chi connectivity index (χ0) is 13.9. The summed E-state index contributed by atoms with van der Waals surface area (Å²) in [5.74, 6) is 1.04. The SMILES string of the molecule is CS(=O)(=O)Nc1ccc(Oc2ccc(Br)cn2)cc1. The van der Waals surface area contributed by atoms with Crippen LogP contribution in [0.25, 0.3) is 0 Å². The number of ether oxygens (including phenoxy) is 1. The Kier molecular flexibility index (Phi) is 4.06. The minimum Gasteiger partial charge on any atom is -0.439 e. The summed E-state index contributed by atoms with van der Waals surface area (Å²) < 4.78 is 30.9. The fourth-order valence-corrected chi connectivity index (χ4v) is 2.15. The van der Waals surface area contributed by atoms with E-state index in [0.717, 1.165) is 10.7 Å². The number of aromatic nitrogens is 1. The molecule has 0 unspecified atom stereocenters. The van der Waals surface area contributed by atoms with Crippen molar-refractivity contribution in [3.05, 3.63) is 47.1 Å². The van der Waals surface area contributed by atoms with Crippen molar-refractivity contribution >= 4 is 31.6 Å². The van der Waals surface area contributed by atoms with E-state index in [-0.39, 0.29) is 0 Å². The van der Waals surface area contributed by atoms with Crippen molar-refractivity contribution < 1.29 is 13.2 Å². The molecule has 5 nitrogen and oxygen atoms in total. The van der Waals surface area contributed by atoms with E-state index in [1.165, 1.54) is 0 Å². The number of benzene rings is 1. The normalized spacial score (nSPS) is 11.1. The molecule has 1 heterocycles. The lowest BCUT2D eigenvalue weighted by Gasteiger charge is -2.06. The molecule has 0 fully saturated rings. The molecule has 100 valence electrons. The van der Waals surface area contributed by atoms with Gasteiger partial charge < -0.3 is 4.74 Å². The maximum atomic E-state index is 11.1. The zero-order valence-electron chi connectivity index (χ0n) is 10.00. The third kappa shape index (κ3) is 4.53. The second-order valence-corrected chi connectivity index (χ2v) is 6.48. The van der Waals surface area contributed by atoms with Gasteiger partial charge in [-0.25, -0.2) is 13.4 Å². The Morgan fingerprint density at radius 3 is 2.37 bits per heavy atom. The maximum absolute atomic E-state index is 11.1. The Labute approximate surface area is 119 Å². The molecule has 2 rings (SSSR count). The summed E-state index contributed by atoms with van der Waals surface area (Å²) in [5.41, 5.74) is 0.485. The van der Waals surface area contributed by atoms with Gasteiger partial charge in [-0.3, -0.25) is 4.72 Å². The predicted octanol–water partition coefficient (Wildman–Crippen LogP) is 3.01. The molecule has 0 aliphatic heterocycles. The molecule has 0 atom stereocenters. The minimum absolute atomic E-state index is 0.465. The van der Waals surface area contributed by atoms with E-state index in [1.54, 1.807) is 36.5 Å². The van der Waals surface area contributed by atoms with Crippen LogP contribution in [0.4, 0.5) is 5.69 Å². The summed E-state index contributed by atoms with van der Waals surface area (Å²) in [6, 6.07) is 10.1. The molecule has 1 aromatic carbocycles. The van der Waals surface area contributed by atoms with Crippen LogP contribution in [0, 0.1) is 0 Å². The number of nitrogens with one attached hydrogen (secondary N) is 1. The molecule has 0 aliphatic carbocycles. The molecule has 0 bridgehead atoms. The van der Waals surface area contributed by atoms with Crippen molar-refractivity contribution in [2.45, 2.75) is 0 Å². The van der Waals surface area contributed by atoms with Crippen LogP contribution in [0.5, 0.6) is 11.6 Å². The van der Waals surface area contributed by atoms with Gasteiger partial charge in [0, 0.05) is 22.4 Å². The van der Waals surface area contributed by atoms with Crippen molar-refractivity contribution in [2.75, 3.05) is 11.0 Å². The van der Waals surface area contributed by atoms with Crippen molar-refractivity contribution in [1.82, 2.24) is 4.98 Å². The van der Waals surface area contributed by atoms with Crippen LogP contribution >= 0.6 is 15.9 Å². The van der Waals surface area contributed by atoms with Gasteiger partial charge in [0.2, 0.25) is 15.9 Å². The number of sulfonamides is 1. The van der Waals surface area contributed by atoms with Crippen LogP contribution in [-0.2, 0) is 10.0 Å². The lowest BCUT2D eigenvalue weighted by atomic mass is 10.3. The third-order valence-corrected chi connectivity index (χ3v) is 3.16. The monoisotopic (exact) mass is 342 g/mol. The summed E-state index contributed by atoms with van der Waals surface area (Å²) in [4.78, 5) is 4.07. The Morgan fingerprint density at radius 2 is 1.84 bits per heavy atom. The zero-order valence-corrected chi connectivity index (χ0v) is 12.4. The molecule has 0 saturated carbocycles. The van der Waals surface area contributed by atoms with Crippen LogP contribution in [0.3, 0.4) is 0 Å². The van der Waals surface area contributed by atoms with Gasteiger partial charge in [0.25, 0.3) is 0 Å². The fraction of sp³-hybridized carbons (Fsp3) is 0.0833. The van der Waals surface area contributed by atoms with E-state index >= 15 is 0 Å². The van der Waals surface area contributed by atoms with Gasteiger partial charge in [0.1, 0.15) is 5.75 Å². The molecule has 1 N–H and O–H groups in total. The predicted molar refractivity (Wildman–Crippen MR) is 76.9 cm³/mol. The Bertz CT molecular complexity index is 654.